The second kappa shape index (κ2) is 7.38. The minimum Gasteiger partial charge on any atom is -0.381 e. The highest BCUT2D eigenvalue weighted by Crippen LogP contribution is 2.19. The zero-order valence-corrected chi connectivity index (χ0v) is 14.6. The molecular formula is C14H24BrN5O. The molecule has 7 heteroatoms. The van der Waals surface area contributed by atoms with E-state index in [4.69, 9.17) is 0 Å². The summed E-state index contributed by atoms with van der Waals surface area (Å²) in [5.74, 6) is 0. The molecule has 1 aromatic heterocycles. The first kappa shape index (κ1) is 16.5. The molecule has 0 amide bonds. The van der Waals surface area contributed by atoms with Gasteiger partial charge in [-0.2, -0.15) is 5.10 Å². The highest BCUT2D eigenvalue weighted by molar-refractivity contribution is 9.10. The number of likely N-dealkylation sites (tertiary alicyclic amines) is 1. The lowest BCUT2D eigenvalue weighted by molar-refractivity contribution is 0.322. The maximum Gasteiger partial charge on any atom is 0.283 e. The van der Waals surface area contributed by atoms with E-state index in [1.165, 1.54) is 17.5 Å². The zero-order valence-electron chi connectivity index (χ0n) is 13.0. The number of hydrogen-bond donors (Lipinski definition) is 1. The van der Waals surface area contributed by atoms with Gasteiger partial charge in [-0.3, -0.25) is 4.79 Å². The van der Waals surface area contributed by atoms with E-state index in [0.717, 1.165) is 25.3 Å². The Morgan fingerprint density at radius 3 is 2.90 bits per heavy atom. The molecule has 1 aromatic rings. The fourth-order valence-electron chi connectivity index (χ4n) is 2.51. The molecule has 1 atom stereocenters. The Balaban J connectivity index is 2.01. The molecule has 0 saturated carbocycles. The Hall–Kier alpha value is -0.920. The molecule has 2 heterocycles. The van der Waals surface area contributed by atoms with E-state index < -0.39 is 0 Å². The van der Waals surface area contributed by atoms with E-state index in [9.17, 15) is 4.79 Å². The van der Waals surface area contributed by atoms with Gasteiger partial charge in [0, 0.05) is 19.1 Å². The molecule has 21 heavy (non-hydrogen) atoms. The Kier molecular flexibility index (Phi) is 5.78. The van der Waals surface area contributed by atoms with Crippen molar-refractivity contribution in [3.63, 3.8) is 0 Å². The molecule has 0 radical (unpaired) electrons. The van der Waals surface area contributed by atoms with Crippen LogP contribution in [0.3, 0.4) is 0 Å². The number of rotatable bonds is 6. The molecule has 1 saturated heterocycles. The normalized spacial score (nSPS) is 19.4. The minimum atomic E-state index is -0.0818. The lowest BCUT2D eigenvalue weighted by atomic mass is 10.2. The van der Waals surface area contributed by atoms with Crippen molar-refractivity contribution in [1.82, 2.24) is 19.6 Å². The molecule has 0 spiro atoms. The summed E-state index contributed by atoms with van der Waals surface area (Å²) in [5, 5.41) is 7.59. The highest BCUT2D eigenvalue weighted by Gasteiger charge is 2.20. The summed E-state index contributed by atoms with van der Waals surface area (Å²) in [4.78, 5) is 16.6. The van der Waals surface area contributed by atoms with Crippen molar-refractivity contribution in [3.05, 3.63) is 21.0 Å². The van der Waals surface area contributed by atoms with E-state index in [-0.39, 0.29) is 5.56 Å². The molecule has 0 aliphatic carbocycles. The predicted molar refractivity (Wildman–Crippen MR) is 88.9 cm³/mol. The van der Waals surface area contributed by atoms with Crippen molar-refractivity contribution in [2.75, 3.05) is 46.1 Å². The Morgan fingerprint density at radius 2 is 2.29 bits per heavy atom. The third kappa shape index (κ3) is 4.28. The largest absolute Gasteiger partial charge is 0.381 e. The summed E-state index contributed by atoms with van der Waals surface area (Å²) in [6, 6.07) is 0.535. The molecule has 1 aliphatic heterocycles. The van der Waals surface area contributed by atoms with Crippen LogP contribution in [-0.4, -0.2) is 66.4 Å². The SMILES string of the molecule is CN(C)CCn1ncc(NCC2CCCN2C)c(Br)c1=O. The second-order valence-electron chi connectivity index (χ2n) is 5.86. The van der Waals surface area contributed by atoms with Crippen LogP contribution in [0.2, 0.25) is 0 Å². The molecular weight excluding hydrogens is 334 g/mol. The van der Waals surface area contributed by atoms with Crippen molar-refractivity contribution in [2.45, 2.75) is 25.4 Å². The van der Waals surface area contributed by atoms with Crippen LogP contribution in [0.25, 0.3) is 0 Å². The smallest absolute Gasteiger partial charge is 0.283 e. The van der Waals surface area contributed by atoms with Crippen molar-refractivity contribution < 1.29 is 0 Å². The standard InChI is InChI=1S/C14H24BrN5O/c1-18(2)7-8-20-14(21)13(15)12(10-17-20)16-9-11-5-4-6-19(11)3/h10-11,16H,4-9H2,1-3H3. The summed E-state index contributed by atoms with van der Waals surface area (Å²) in [7, 11) is 6.11. The topological polar surface area (TPSA) is 53.4 Å². The number of anilines is 1. The first-order valence-corrected chi connectivity index (χ1v) is 8.13. The quantitative estimate of drug-likeness (QED) is 0.825. The van der Waals surface area contributed by atoms with E-state index in [2.05, 4.69) is 38.3 Å². The van der Waals surface area contributed by atoms with Crippen LogP contribution in [0.1, 0.15) is 12.8 Å². The third-order valence-corrected chi connectivity index (χ3v) is 4.71. The number of halogens is 1. The van der Waals surface area contributed by atoms with E-state index >= 15 is 0 Å². The summed E-state index contributed by atoms with van der Waals surface area (Å²) in [5.41, 5.74) is 0.697. The fraction of sp³-hybridized carbons (Fsp3) is 0.714. The molecule has 1 fully saturated rings. The molecule has 118 valence electrons. The second-order valence-corrected chi connectivity index (χ2v) is 6.65. The third-order valence-electron chi connectivity index (χ3n) is 3.94. The Morgan fingerprint density at radius 1 is 1.52 bits per heavy atom. The van der Waals surface area contributed by atoms with Gasteiger partial charge in [-0.05, 0) is 56.5 Å². The van der Waals surface area contributed by atoms with E-state index in [1.807, 2.05) is 19.0 Å². The van der Waals surface area contributed by atoms with Gasteiger partial charge in [0.2, 0.25) is 0 Å². The van der Waals surface area contributed by atoms with Gasteiger partial charge in [0.05, 0.1) is 18.4 Å². The van der Waals surface area contributed by atoms with Crippen LogP contribution in [0.5, 0.6) is 0 Å². The van der Waals surface area contributed by atoms with Crippen molar-refractivity contribution >= 4 is 21.6 Å². The van der Waals surface area contributed by atoms with E-state index in [0.29, 0.717) is 17.1 Å². The molecule has 1 unspecified atom stereocenters. The first-order valence-electron chi connectivity index (χ1n) is 7.33. The molecule has 6 nitrogen and oxygen atoms in total. The monoisotopic (exact) mass is 357 g/mol. The Labute approximate surface area is 134 Å². The van der Waals surface area contributed by atoms with Crippen LogP contribution in [0, 0.1) is 0 Å². The van der Waals surface area contributed by atoms with Crippen LogP contribution in [-0.2, 0) is 6.54 Å². The van der Waals surface area contributed by atoms with Gasteiger partial charge in [0.1, 0.15) is 4.47 Å². The number of nitrogens with zero attached hydrogens (tertiary/aromatic N) is 4. The van der Waals surface area contributed by atoms with Crippen molar-refractivity contribution in [3.8, 4) is 0 Å². The number of hydrogen-bond acceptors (Lipinski definition) is 5. The number of nitrogens with one attached hydrogen (secondary N) is 1. The van der Waals surface area contributed by atoms with Gasteiger partial charge < -0.3 is 15.1 Å². The number of likely N-dealkylation sites (N-methyl/N-ethyl adjacent to an activating group) is 2. The summed E-state index contributed by atoms with van der Waals surface area (Å²) >= 11 is 3.40. The van der Waals surface area contributed by atoms with Crippen LogP contribution in [0.4, 0.5) is 5.69 Å². The van der Waals surface area contributed by atoms with Crippen molar-refractivity contribution in [1.29, 1.82) is 0 Å². The summed E-state index contributed by atoms with van der Waals surface area (Å²) in [6.45, 7) is 3.38. The lowest BCUT2D eigenvalue weighted by Gasteiger charge is -2.20. The van der Waals surface area contributed by atoms with Gasteiger partial charge in [0.15, 0.2) is 0 Å². The van der Waals surface area contributed by atoms with Crippen LogP contribution in [0.15, 0.2) is 15.5 Å². The molecule has 0 aromatic carbocycles. The zero-order chi connectivity index (χ0) is 15.4. The highest BCUT2D eigenvalue weighted by atomic mass is 79.9. The molecule has 1 N–H and O–H groups in total. The van der Waals surface area contributed by atoms with Gasteiger partial charge in [-0.1, -0.05) is 0 Å². The van der Waals surface area contributed by atoms with Gasteiger partial charge >= 0.3 is 0 Å². The molecule has 2 rings (SSSR count). The van der Waals surface area contributed by atoms with Crippen molar-refractivity contribution in [2.24, 2.45) is 0 Å². The summed E-state index contributed by atoms with van der Waals surface area (Å²) in [6.07, 6.45) is 4.18. The number of aromatic nitrogens is 2. The summed E-state index contributed by atoms with van der Waals surface area (Å²) < 4.78 is 2.06. The predicted octanol–water partition coefficient (Wildman–Crippen LogP) is 1.07. The van der Waals surface area contributed by atoms with E-state index in [1.54, 1.807) is 6.20 Å². The average Bonchev–Trinajstić information content (AvgIpc) is 2.85. The minimum absolute atomic E-state index is 0.0818. The fourth-order valence-corrected chi connectivity index (χ4v) is 2.95. The first-order chi connectivity index (χ1) is 9.99. The lowest BCUT2D eigenvalue weighted by Crippen LogP contribution is -2.33. The van der Waals surface area contributed by atoms with Gasteiger partial charge in [0.25, 0.3) is 5.56 Å². The van der Waals surface area contributed by atoms with Crippen LogP contribution < -0.4 is 10.9 Å². The van der Waals surface area contributed by atoms with Gasteiger partial charge in [-0.15, -0.1) is 0 Å². The maximum atomic E-state index is 12.2. The average molecular weight is 358 g/mol. The molecule has 1 aliphatic rings. The van der Waals surface area contributed by atoms with Crippen LogP contribution >= 0.6 is 15.9 Å². The Bertz CT molecular complexity index is 531. The van der Waals surface area contributed by atoms with Gasteiger partial charge in [-0.25, -0.2) is 4.68 Å². The maximum absolute atomic E-state index is 12.2. The molecule has 0 bridgehead atoms.